The molecule has 0 amide bonds. The Kier molecular flexibility index (Phi) is 7.87. The number of hydrogen-bond donors (Lipinski definition) is 0. The van der Waals surface area contributed by atoms with Crippen LogP contribution >= 0.6 is 0 Å². The third-order valence-corrected chi connectivity index (χ3v) is 6.14. The summed E-state index contributed by atoms with van der Waals surface area (Å²) in [5.74, 6) is 1.19. The molecular formula is C31H26F4. The van der Waals surface area contributed by atoms with Crippen molar-refractivity contribution in [1.29, 1.82) is 0 Å². The molecule has 0 nitrogen and oxygen atoms in total. The van der Waals surface area contributed by atoms with E-state index in [0.29, 0.717) is 5.56 Å². The number of rotatable bonds is 7. The van der Waals surface area contributed by atoms with Gasteiger partial charge in [-0.1, -0.05) is 68.0 Å². The molecule has 0 atom stereocenters. The van der Waals surface area contributed by atoms with E-state index in [4.69, 9.17) is 0 Å². The molecule has 0 fully saturated rings. The van der Waals surface area contributed by atoms with Gasteiger partial charge in [0.15, 0.2) is 17.5 Å². The number of hydrogen-bond acceptors (Lipinski definition) is 0. The molecular weight excluding hydrogens is 448 g/mol. The summed E-state index contributed by atoms with van der Waals surface area (Å²) in [4.78, 5) is 0. The van der Waals surface area contributed by atoms with Gasteiger partial charge >= 0.3 is 0 Å². The molecule has 0 saturated carbocycles. The van der Waals surface area contributed by atoms with Crippen LogP contribution in [0.1, 0.15) is 54.0 Å². The zero-order valence-corrected chi connectivity index (χ0v) is 19.6. The largest absolute Gasteiger partial charge is 0.206 e. The molecule has 0 bridgehead atoms. The van der Waals surface area contributed by atoms with Crippen LogP contribution in [0.4, 0.5) is 17.6 Å². The standard InChI is InChI=1S/C31H26F4/c1-2-3-4-5-21-6-8-22(9-7-21)10-11-24-13-16-25(28(32)19-24)15-12-23-14-17-27-26(18-23)20-29(33)31(35)30(27)34/h6-9,13-14,16-20H,2-5,10-11H2,1H3. The quantitative estimate of drug-likeness (QED) is 0.109. The molecule has 4 rings (SSSR count). The number of fused-ring (bicyclic) bond motifs is 1. The summed E-state index contributed by atoms with van der Waals surface area (Å²) in [6, 6.07) is 18.9. The number of aryl methyl sites for hydroxylation is 3. The van der Waals surface area contributed by atoms with Crippen LogP contribution in [-0.4, -0.2) is 0 Å². The van der Waals surface area contributed by atoms with Crippen molar-refractivity contribution in [2.24, 2.45) is 0 Å². The van der Waals surface area contributed by atoms with E-state index < -0.39 is 23.3 Å². The van der Waals surface area contributed by atoms with Crippen LogP contribution in [0.5, 0.6) is 0 Å². The number of benzene rings is 4. The molecule has 0 spiro atoms. The number of unbranched alkanes of at least 4 members (excludes halogenated alkanes) is 2. The first kappa shape index (κ1) is 24.5. The minimum absolute atomic E-state index is 0.0314. The second-order valence-corrected chi connectivity index (χ2v) is 8.76. The Morgan fingerprint density at radius 2 is 1.29 bits per heavy atom. The van der Waals surface area contributed by atoms with E-state index >= 15 is 0 Å². The van der Waals surface area contributed by atoms with Gasteiger partial charge in [-0.15, -0.1) is 0 Å². The maximum Gasteiger partial charge on any atom is 0.195 e. The zero-order chi connectivity index (χ0) is 24.8. The highest BCUT2D eigenvalue weighted by molar-refractivity contribution is 5.84. The Morgan fingerprint density at radius 1 is 0.600 bits per heavy atom. The fraction of sp³-hybridized carbons (Fsp3) is 0.226. The Bertz CT molecular complexity index is 1390. The highest BCUT2D eigenvalue weighted by Crippen LogP contribution is 2.24. The molecule has 4 aromatic rings. The maximum absolute atomic E-state index is 14.6. The summed E-state index contributed by atoms with van der Waals surface area (Å²) in [5, 5.41) is 0.161. The molecule has 0 aliphatic carbocycles. The summed E-state index contributed by atoms with van der Waals surface area (Å²) in [5.41, 5.74) is 4.15. The molecule has 178 valence electrons. The minimum Gasteiger partial charge on any atom is -0.206 e. The van der Waals surface area contributed by atoms with Crippen molar-refractivity contribution in [1.82, 2.24) is 0 Å². The lowest BCUT2D eigenvalue weighted by atomic mass is 10.0. The average molecular weight is 475 g/mol. The first-order valence-electron chi connectivity index (χ1n) is 11.9. The zero-order valence-electron chi connectivity index (χ0n) is 19.6. The predicted molar refractivity (Wildman–Crippen MR) is 133 cm³/mol. The summed E-state index contributed by atoms with van der Waals surface area (Å²) in [6.45, 7) is 2.20. The molecule has 0 saturated heterocycles. The van der Waals surface area contributed by atoms with E-state index in [0.717, 1.165) is 30.9 Å². The van der Waals surface area contributed by atoms with E-state index in [1.54, 1.807) is 6.07 Å². The van der Waals surface area contributed by atoms with Gasteiger partial charge in [0.1, 0.15) is 5.82 Å². The van der Waals surface area contributed by atoms with Crippen molar-refractivity contribution in [3.8, 4) is 11.8 Å². The summed E-state index contributed by atoms with van der Waals surface area (Å²) in [7, 11) is 0. The SMILES string of the molecule is CCCCCc1ccc(CCc2ccc(C#Cc3ccc4c(F)c(F)c(F)cc4c3)c(F)c2)cc1. The van der Waals surface area contributed by atoms with Gasteiger partial charge in [-0.25, -0.2) is 17.6 Å². The lowest BCUT2D eigenvalue weighted by Crippen LogP contribution is -1.95. The second kappa shape index (κ2) is 11.2. The predicted octanol–water partition coefficient (Wildman–Crippen LogP) is 8.31. The molecule has 4 aromatic carbocycles. The van der Waals surface area contributed by atoms with E-state index in [2.05, 4.69) is 43.0 Å². The van der Waals surface area contributed by atoms with Crippen molar-refractivity contribution in [3.05, 3.63) is 118 Å². The van der Waals surface area contributed by atoms with Crippen LogP contribution in [0.3, 0.4) is 0 Å². The van der Waals surface area contributed by atoms with Gasteiger partial charge in [-0.05, 0) is 78.1 Å². The van der Waals surface area contributed by atoms with Crippen LogP contribution in [0.25, 0.3) is 10.8 Å². The Hall–Kier alpha value is -3.58. The Morgan fingerprint density at radius 3 is 2.00 bits per heavy atom. The van der Waals surface area contributed by atoms with Crippen LogP contribution in [0.2, 0.25) is 0 Å². The van der Waals surface area contributed by atoms with Gasteiger partial charge in [0, 0.05) is 10.9 Å². The fourth-order valence-electron chi connectivity index (χ4n) is 4.08. The third kappa shape index (κ3) is 6.11. The highest BCUT2D eigenvalue weighted by atomic mass is 19.2. The van der Waals surface area contributed by atoms with Crippen molar-refractivity contribution in [3.63, 3.8) is 0 Å². The normalized spacial score (nSPS) is 10.9. The van der Waals surface area contributed by atoms with Gasteiger partial charge in [0.2, 0.25) is 0 Å². The molecule has 0 aliphatic heterocycles. The van der Waals surface area contributed by atoms with Gasteiger partial charge < -0.3 is 0 Å². The molecule has 0 radical (unpaired) electrons. The van der Waals surface area contributed by atoms with Crippen molar-refractivity contribution < 1.29 is 17.6 Å². The van der Waals surface area contributed by atoms with E-state index in [1.165, 1.54) is 54.7 Å². The smallest absolute Gasteiger partial charge is 0.195 e. The van der Waals surface area contributed by atoms with Gasteiger partial charge in [-0.3, -0.25) is 0 Å². The number of halogens is 4. The second-order valence-electron chi connectivity index (χ2n) is 8.76. The summed E-state index contributed by atoms with van der Waals surface area (Å²) in [6.07, 6.45) is 6.32. The fourth-order valence-corrected chi connectivity index (χ4v) is 4.08. The van der Waals surface area contributed by atoms with Crippen LogP contribution in [0, 0.1) is 35.1 Å². The lowest BCUT2D eigenvalue weighted by molar-refractivity contribution is 0.453. The molecule has 0 N–H and O–H groups in total. The molecule has 4 heteroatoms. The highest BCUT2D eigenvalue weighted by Gasteiger charge is 2.13. The molecule has 35 heavy (non-hydrogen) atoms. The Balaban J connectivity index is 1.41. The first-order valence-corrected chi connectivity index (χ1v) is 11.9. The molecule has 0 aliphatic rings. The third-order valence-electron chi connectivity index (χ3n) is 6.14. The maximum atomic E-state index is 14.6. The van der Waals surface area contributed by atoms with E-state index in [9.17, 15) is 17.6 Å². The summed E-state index contributed by atoms with van der Waals surface area (Å²) >= 11 is 0. The lowest BCUT2D eigenvalue weighted by Gasteiger charge is -2.06. The van der Waals surface area contributed by atoms with Crippen molar-refractivity contribution in [2.75, 3.05) is 0 Å². The van der Waals surface area contributed by atoms with Crippen LogP contribution in [0.15, 0.2) is 66.7 Å². The van der Waals surface area contributed by atoms with Gasteiger partial charge in [0.05, 0.1) is 5.56 Å². The molecule has 0 heterocycles. The van der Waals surface area contributed by atoms with Crippen LogP contribution < -0.4 is 0 Å². The van der Waals surface area contributed by atoms with Crippen molar-refractivity contribution in [2.45, 2.75) is 45.4 Å². The monoisotopic (exact) mass is 474 g/mol. The average Bonchev–Trinajstić information content (AvgIpc) is 2.86. The van der Waals surface area contributed by atoms with Gasteiger partial charge in [0.25, 0.3) is 0 Å². The summed E-state index contributed by atoms with van der Waals surface area (Å²) < 4.78 is 55.5. The topological polar surface area (TPSA) is 0 Å². The Labute approximate surface area is 203 Å². The van der Waals surface area contributed by atoms with E-state index in [1.807, 2.05) is 6.07 Å². The van der Waals surface area contributed by atoms with Crippen molar-refractivity contribution >= 4 is 10.8 Å². The van der Waals surface area contributed by atoms with Gasteiger partial charge in [-0.2, -0.15) is 0 Å². The molecule has 0 unspecified atom stereocenters. The van der Waals surface area contributed by atoms with E-state index in [-0.39, 0.29) is 16.3 Å². The molecule has 0 aromatic heterocycles. The first-order chi connectivity index (χ1) is 16.9. The van der Waals surface area contributed by atoms with Crippen LogP contribution in [-0.2, 0) is 19.3 Å². The minimum atomic E-state index is -1.50.